The van der Waals surface area contributed by atoms with Crippen LogP contribution in [0.5, 0.6) is 5.75 Å². The molecule has 1 aliphatic heterocycles. The van der Waals surface area contributed by atoms with Crippen molar-refractivity contribution in [2.24, 2.45) is 0 Å². The van der Waals surface area contributed by atoms with Crippen molar-refractivity contribution in [3.05, 3.63) is 23.8 Å². The van der Waals surface area contributed by atoms with Crippen molar-refractivity contribution >= 4 is 5.69 Å². The van der Waals surface area contributed by atoms with Gasteiger partial charge in [0.2, 0.25) is 0 Å². The number of ether oxygens (including phenoxy) is 1. The van der Waals surface area contributed by atoms with Crippen molar-refractivity contribution in [2.45, 2.75) is 38.8 Å². The van der Waals surface area contributed by atoms with E-state index >= 15 is 0 Å². The van der Waals surface area contributed by atoms with Crippen LogP contribution in [0, 0.1) is 11.3 Å². The molecule has 0 bridgehead atoms. The van der Waals surface area contributed by atoms with Gasteiger partial charge in [0.05, 0.1) is 5.69 Å². The lowest BCUT2D eigenvalue weighted by molar-refractivity contribution is 0.0842. The number of nitriles is 1. The van der Waals surface area contributed by atoms with E-state index in [1.54, 1.807) is 6.07 Å². The van der Waals surface area contributed by atoms with E-state index in [1.165, 1.54) is 0 Å². The standard InChI is InChI=1S/C15H21N3O/c1-11(2)18-8-6-12(7-9-18)19-15-5-3-4-14(17)13(15)10-16/h3-5,11-12H,6-9,17H2,1-2H3. The third-order valence-corrected chi connectivity index (χ3v) is 3.67. The monoisotopic (exact) mass is 259 g/mol. The summed E-state index contributed by atoms with van der Waals surface area (Å²) in [5.74, 6) is 0.616. The van der Waals surface area contributed by atoms with Crippen molar-refractivity contribution in [2.75, 3.05) is 18.8 Å². The highest BCUT2D eigenvalue weighted by Gasteiger charge is 2.22. The minimum absolute atomic E-state index is 0.184. The first-order chi connectivity index (χ1) is 9.11. The van der Waals surface area contributed by atoms with E-state index < -0.39 is 0 Å². The summed E-state index contributed by atoms with van der Waals surface area (Å²) in [6.45, 7) is 6.53. The maximum atomic E-state index is 9.13. The van der Waals surface area contributed by atoms with Gasteiger partial charge in [0.25, 0.3) is 0 Å². The Morgan fingerprint density at radius 1 is 1.37 bits per heavy atom. The molecule has 0 spiro atoms. The second-order valence-corrected chi connectivity index (χ2v) is 5.28. The van der Waals surface area contributed by atoms with Crippen LogP contribution in [0.3, 0.4) is 0 Å². The molecular weight excluding hydrogens is 238 g/mol. The Morgan fingerprint density at radius 3 is 2.63 bits per heavy atom. The second kappa shape index (κ2) is 5.94. The van der Waals surface area contributed by atoms with Gasteiger partial charge in [0, 0.05) is 19.1 Å². The van der Waals surface area contributed by atoms with Gasteiger partial charge in [-0.3, -0.25) is 0 Å². The third-order valence-electron chi connectivity index (χ3n) is 3.67. The Kier molecular flexibility index (Phi) is 4.28. The maximum absolute atomic E-state index is 9.13. The van der Waals surface area contributed by atoms with Crippen LogP contribution >= 0.6 is 0 Å². The predicted octanol–water partition coefficient (Wildman–Crippen LogP) is 2.39. The normalized spacial score (nSPS) is 17.4. The largest absolute Gasteiger partial charge is 0.489 e. The van der Waals surface area contributed by atoms with E-state index in [4.69, 9.17) is 15.7 Å². The van der Waals surface area contributed by atoms with Gasteiger partial charge in [0.15, 0.2) is 0 Å². The Bertz CT molecular complexity index is 471. The van der Waals surface area contributed by atoms with Crippen LogP contribution in [0.2, 0.25) is 0 Å². The Hall–Kier alpha value is -1.73. The third kappa shape index (κ3) is 3.18. The summed E-state index contributed by atoms with van der Waals surface area (Å²) in [6, 6.07) is 8.09. The van der Waals surface area contributed by atoms with Crippen molar-refractivity contribution in [3.8, 4) is 11.8 Å². The Labute approximate surface area is 114 Å². The van der Waals surface area contributed by atoms with Gasteiger partial charge < -0.3 is 15.4 Å². The topological polar surface area (TPSA) is 62.3 Å². The summed E-state index contributed by atoms with van der Waals surface area (Å²) >= 11 is 0. The van der Waals surface area contributed by atoms with E-state index in [2.05, 4.69) is 24.8 Å². The molecule has 102 valence electrons. The molecule has 1 aliphatic rings. The molecule has 2 rings (SSSR count). The number of anilines is 1. The number of hydrogen-bond donors (Lipinski definition) is 1. The number of piperidine rings is 1. The summed E-state index contributed by atoms with van der Waals surface area (Å²) in [5, 5.41) is 9.13. The lowest BCUT2D eigenvalue weighted by atomic mass is 10.1. The molecule has 1 aromatic carbocycles. The molecule has 1 aromatic rings. The average Bonchev–Trinajstić information content (AvgIpc) is 2.39. The van der Waals surface area contributed by atoms with E-state index in [0.717, 1.165) is 25.9 Å². The number of rotatable bonds is 3. The van der Waals surface area contributed by atoms with Crippen LogP contribution in [0.25, 0.3) is 0 Å². The number of hydrogen-bond acceptors (Lipinski definition) is 4. The molecular formula is C15H21N3O. The zero-order chi connectivity index (χ0) is 13.8. The summed E-state index contributed by atoms with van der Waals surface area (Å²) in [7, 11) is 0. The van der Waals surface area contributed by atoms with Gasteiger partial charge in [-0.25, -0.2) is 0 Å². The van der Waals surface area contributed by atoms with Gasteiger partial charge in [-0.05, 0) is 38.8 Å². The fourth-order valence-electron chi connectivity index (χ4n) is 2.46. The predicted molar refractivity (Wildman–Crippen MR) is 75.9 cm³/mol. The van der Waals surface area contributed by atoms with Crippen LogP contribution < -0.4 is 10.5 Å². The fraction of sp³-hybridized carbons (Fsp3) is 0.533. The average molecular weight is 259 g/mol. The summed E-state index contributed by atoms with van der Waals surface area (Å²) in [5.41, 5.74) is 6.73. The number of likely N-dealkylation sites (tertiary alicyclic amines) is 1. The SMILES string of the molecule is CC(C)N1CCC(Oc2cccc(N)c2C#N)CC1. The van der Waals surface area contributed by atoms with Crippen LogP contribution in [-0.4, -0.2) is 30.1 Å². The molecule has 0 amide bonds. The lowest BCUT2D eigenvalue weighted by Gasteiger charge is -2.34. The van der Waals surface area contributed by atoms with Crippen molar-refractivity contribution in [3.63, 3.8) is 0 Å². The van der Waals surface area contributed by atoms with Crippen molar-refractivity contribution in [1.82, 2.24) is 4.90 Å². The van der Waals surface area contributed by atoms with E-state index in [9.17, 15) is 0 Å². The first-order valence-corrected chi connectivity index (χ1v) is 6.81. The minimum atomic E-state index is 0.184. The van der Waals surface area contributed by atoms with Crippen LogP contribution in [-0.2, 0) is 0 Å². The van der Waals surface area contributed by atoms with Gasteiger partial charge in [-0.2, -0.15) is 5.26 Å². The molecule has 4 nitrogen and oxygen atoms in total. The fourth-order valence-corrected chi connectivity index (χ4v) is 2.46. The molecule has 0 atom stereocenters. The molecule has 0 radical (unpaired) electrons. The first-order valence-electron chi connectivity index (χ1n) is 6.81. The summed E-state index contributed by atoms with van der Waals surface area (Å²) in [6.07, 6.45) is 2.18. The number of nitrogens with zero attached hydrogens (tertiary/aromatic N) is 2. The zero-order valence-electron chi connectivity index (χ0n) is 11.6. The number of nitrogen functional groups attached to an aromatic ring is 1. The van der Waals surface area contributed by atoms with Crippen molar-refractivity contribution in [1.29, 1.82) is 5.26 Å². The molecule has 1 fully saturated rings. The maximum Gasteiger partial charge on any atom is 0.139 e. The minimum Gasteiger partial charge on any atom is -0.489 e. The molecule has 2 N–H and O–H groups in total. The van der Waals surface area contributed by atoms with E-state index in [-0.39, 0.29) is 6.10 Å². The van der Waals surface area contributed by atoms with E-state index in [0.29, 0.717) is 23.0 Å². The van der Waals surface area contributed by atoms with Crippen LogP contribution in [0.4, 0.5) is 5.69 Å². The van der Waals surface area contributed by atoms with Gasteiger partial charge in [0.1, 0.15) is 23.5 Å². The van der Waals surface area contributed by atoms with Gasteiger partial charge in [-0.1, -0.05) is 6.07 Å². The molecule has 0 unspecified atom stereocenters. The number of benzene rings is 1. The molecule has 19 heavy (non-hydrogen) atoms. The molecule has 0 aliphatic carbocycles. The second-order valence-electron chi connectivity index (χ2n) is 5.28. The van der Waals surface area contributed by atoms with Crippen molar-refractivity contribution < 1.29 is 4.74 Å². The summed E-state index contributed by atoms with van der Waals surface area (Å²) in [4.78, 5) is 2.45. The quantitative estimate of drug-likeness (QED) is 0.847. The highest BCUT2D eigenvalue weighted by Crippen LogP contribution is 2.26. The molecule has 4 heteroatoms. The Balaban J connectivity index is 2.00. The smallest absolute Gasteiger partial charge is 0.139 e. The van der Waals surface area contributed by atoms with Gasteiger partial charge in [-0.15, -0.1) is 0 Å². The first kappa shape index (κ1) is 13.7. The molecule has 0 saturated carbocycles. The highest BCUT2D eigenvalue weighted by molar-refractivity contribution is 5.60. The van der Waals surface area contributed by atoms with Crippen LogP contribution in [0.15, 0.2) is 18.2 Å². The lowest BCUT2D eigenvalue weighted by Crippen LogP contribution is -2.41. The molecule has 0 aromatic heterocycles. The summed E-state index contributed by atoms with van der Waals surface area (Å²) < 4.78 is 5.96. The number of nitrogens with two attached hydrogens (primary N) is 1. The molecule has 1 heterocycles. The van der Waals surface area contributed by atoms with Gasteiger partial charge >= 0.3 is 0 Å². The molecule has 1 saturated heterocycles. The highest BCUT2D eigenvalue weighted by atomic mass is 16.5. The van der Waals surface area contributed by atoms with Crippen LogP contribution in [0.1, 0.15) is 32.3 Å². The Morgan fingerprint density at radius 2 is 2.05 bits per heavy atom. The zero-order valence-corrected chi connectivity index (χ0v) is 11.6. The van der Waals surface area contributed by atoms with E-state index in [1.807, 2.05) is 12.1 Å².